The van der Waals surface area contributed by atoms with E-state index in [1.165, 1.54) is 0 Å². The van der Waals surface area contributed by atoms with Crippen molar-refractivity contribution in [2.75, 3.05) is 0 Å². The van der Waals surface area contributed by atoms with Crippen LogP contribution in [0.3, 0.4) is 0 Å². The Hall–Kier alpha value is -0.890. The van der Waals surface area contributed by atoms with E-state index in [-0.39, 0.29) is 12.0 Å². The normalized spacial score (nSPS) is 47.8. The van der Waals surface area contributed by atoms with Gasteiger partial charge in [-0.05, 0) is 31.1 Å². The predicted octanol–water partition coefficient (Wildman–Crippen LogP) is 1.67. The first-order chi connectivity index (χ1) is 7.27. The Morgan fingerprint density at radius 2 is 1.93 bits per heavy atom. The van der Waals surface area contributed by atoms with Crippen molar-refractivity contribution in [1.82, 2.24) is 0 Å². The first-order valence-electron chi connectivity index (χ1n) is 5.91. The van der Waals surface area contributed by atoms with Gasteiger partial charge in [0, 0.05) is 17.9 Å². The van der Waals surface area contributed by atoms with Gasteiger partial charge in [0.15, 0.2) is 0 Å². The maximum absolute atomic E-state index is 12.2. The minimum Gasteiger partial charge on any atom is -0.324 e. The predicted molar refractivity (Wildman–Crippen MR) is 59.1 cm³/mol. The van der Waals surface area contributed by atoms with Crippen molar-refractivity contribution < 1.29 is 4.79 Å². The largest absolute Gasteiger partial charge is 0.324 e. The third-order valence-electron chi connectivity index (χ3n) is 4.21. The fraction of sp³-hybridized carbons (Fsp3) is 0.615. The van der Waals surface area contributed by atoms with Gasteiger partial charge in [0.1, 0.15) is 5.78 Å². The second-order valence-corrected chi connectivity index (χ2v) is 5.06. The first kappa shape index (κ1) is 9.34. The molecule has 0 aromatic heterocycles. The molecule has 1 fully saturated rings. The van der Waals surface area contributed by atoms with Crippen LogP contribution in [0.5, 0.6) is 0 Å². The summed E-state index contributed by atoms with van der Waals surface area (Å²) in [5.74, 6) is 1.90. The molecule has 0 aromatic rings. The molecule has 0 saturated heterocycles. The smallest absolute Gasteiger partial charge is 0.140 e. The molecule has 0 heterocycles. The average Bonchev–Trinajstić information content (AvgIpc) is 2.54. The molecule has 0 aliphatic heterocycles. The lowest BCUT2D eigenvalue weighted by atomic mass is 9.79. The van der Waals surface area contributed by atoms with E-state index in [0.29, 0.717) is 23.5 Å². The van der Waals surface area contributed by atoms with Gasteiger partial charge >= 0.3 is 0 Å². The Labute approximate surface area is 90.2 Å². The Balaban J connectivity index is 1.96. The molecule has 15 heavy (non-hydrogen) atoms. The molecule has 0 amide bonds. The molecule has 0 radical (unpaired) electrons. The monoisotopic (exact) mass is 203 g/mol. The number of allylic oxidation sites excluding steroid dienone is 3. The molecule has 5 atom stereocenters. The van der Waals surface area contributed by atoms with E-state index in [2.05, 4.69) is 24.3 Å². The molecular formula is C13H17NO. The van der Waals surface area contributed by atoms with Gasteiger partial charge in [-0.25, -0.2) is 0 Å². The van der Waals surface area contributed by atoms with Crippen molar-refractivity contribution >= 4 is 5.78 Å². The van der Waals surface area contributed by atoms with Crippen molar-refractivity contribution in [3.63, 3.8) is 0 Å². The number of nitrogens with two attached hydrogens (primary N) is 1. The number of hydrogen-bond donors (Lipinski definition) is 1. The van der Waals surface area contributed by atoms with Gasteiger partial charge in [-0.3, -0.25) is 4.79 Å². The molecule has 3 aliphatic carbocycles. The second kappa shape index (κ2) is 3.31. The lowest BCUT2D eigenvalue weighted by Crippen LogP contribution is -2.30. The van der Waals surface area contributed by atoms with E-state index in [1.54, 1.807) is 0 Å². The van der Waals surface area contributed by atoms with Crippen molar-refractivity contribution in [2.24, 2.45) is 29.4 Å². The summed E-state index contributed by atoms with van der Waals surface area (Å²) in [7, 11) is 0. The summed E-state index contributed by atoms with van der Waals surface area (Å²) in [4.78, 5) is 12.2. The van der Waals surface area contributed by atoms with Crippen LogP contribution in [0.25, 0.3) is 0 Å². The molecule has 2 heteroatoms. The summed E-state index contributed by atoms with van der Waals surface area (Å²) in [5.41, 5.74) is 5.89. The Morgan fingerprint density at radius 3 is 2.80 bits per heavy atom. The van der Waals surface area contributed by atoms with Gasteiger partial charge in [0.05, 0.1) is 0 Å². The van der Waals surface area contributed by atoms with Gasteiger partial charge in [-0.2, -0.15) is 0 Å². The number of fused-ring (bicyclic) bond motifs is 3. The molecular weight excluding hydrogens is 186 g/mol. The average molecular weight is 203 g/mol. The maximum Gasteiger partial charge on any atom is 0.140 e. The Kier molecular flexibility index (Phi) is 2.06. The molecule has 0 bridgehead atoms. The van der Waals surface area contributed by atoms with Gasteiger partial charge in [0.25, 0.3) is 0 Å². The molecule has 0 aromatic carbocycles. The number of rotatable bonds is 0. The highest BCUT2D eigenvalue weighted by molar-refractivity contribution is 5.87. The van der Waals surface area contributed by atoms with Gasteiger partial charge in [-0.1, -0.05) is 24.3 Å². The van der Waals surface area contributed by atoms with Gasteiger partial charge < -0.3 is 5.73 Å². The summed E-state index contributed by atoms with van der Waals surface area (Å²) in [6, 6.07) is 0.0966. The van der Waals surface area contributed by atoms with Crippen LogP contribution in [0.4, 0.5) is 0 Å². The zero-order valence-corrected chi connectivity index (χ0v) is 8.80. The van der Waals surface area contributed by atoms with E-state index in [9.17, 15) is 4.79 Å². The molecule has 3 aliphatic rings. The van der Waals surface area contributed by atoms with Crippen LogP contribution in [0, 0.1) is 23.7 Å². The second-order valence-electron chi connectivity index (χ2n) is 5.06. The van der Waals surface area contributed by atoms with E-state index in [1.807, 2.05) is 0 Å². The summed E-state index contributed by atoms with van der Waals surface area (Å²) in [5, 5.41) is 0. The van der Waals surface area contributed by atoms with Crippen molar-refractivity contribution in [1.29, 1.82) is 0 Å². The van der Waals surface area contributed by atoms with Crippen LogP contribution >= 0.6 is 0 Å². The number of carbonyl (C=O) groups is 1. The zero-order chi connectivity index (χ0) is 10.4. The van der Waals surface area contributed by atoms with E-state index in [0.717, 1.165) is 19.3 Å². The highest BCUT2D eigenvalue weighted by Crippen LogP contribution is 2.47. The van der Waals surface area contributed by atoms with Crippen LogP contribution in [-0.4, -0.2) is 11.8 Å². The molecule has 80 valence electrons. The minimum atomic E-state index is 0.0966. The third kappa shape index (κ3) is 1.31. The summed E-state index contributed by atoms with van der Waals surface area (Å²) < 4.78 is 0. The SMILES string of the molecule is NC1C=CC2C3C=CCCC3C(=O)[C@H]2C1. The van der Waals surface area contributed by atoms with Crippen LogP contribution in [-0.2, 0) is 4.79 Å². The highest BCUT2D eigenvalue weighted by Gasteiger charge is 2.48. The van der Waals surface area contributed by atoms with E-state index >= 15 is 0 Å². The van der Waals surface area contributed by atoms with E-state index < -0.39 is 0 Å². The molecule has 2 nitrogen and oxygen atoms in total. The summed E-state index contributed by atoms with van der Waals surface area (Å²) in [6.07, 6.45) is 11.8. The molecule has 2 N–H and O–H groups in total. The minimum absolute atomic E-state index is 0.0966. The lowest BCUT2D eigenvalue weighted by molar-refractivity contribution is -0.124. The van der Waals surface area contributed by atoms with Crippen LogP contribution in [0.1, 0.15) is 19.3 Å². The number of carbonyl (C=O) groups excluding carboxylic acids is 1. The van der Waals surface area contributed by atoms with Crippen molar-refractivity contribution in [3.8, 4) is 0 Å². The first-order valence-corrected chi connectivity index (χ1v) is 5.91. The molecule has 4 unspecified atom stereocenters. The van der Waals surface area contributed by atoms with Gasteiger partial charge in [-0.15, -0.1) is 0 Å². The Morgan fingerprint density at radius 1 is 1.13 bits per heavy atom. The van der Waals surface area contributed by atoms with Crippen molar-refractivity contribution in [3.05, 3.63) is 24.3 Å². The fourth-order valence-electron chi connectivity index (χ4n) is 3.50. The molecule has 0 spiro atoms. The zero-order valence-electron chi connectivity index (χ0n) is 8.80. The van der Waals surface area contributed by atoms with Crippen LogP contribution in [0.2, 0.25) is 0 Å². The van der Waals surface area contributed by atoms with Crippen LogP contribution in [0.15, 0.2) is 24.3 Å². The van der Waals surface area contributed by atoms with Gasteiger partial charge in [0.2, 0.25) is 0 Å². The molecule has 3 rings (SSSR count). The Bertz CT molecular complexity index is 344. The number of Topliss-reactive ketones (excluding diaryl/α,β-unsaturated/α-hetero) is 1. The quantitative estimate of drug-likeness (QED) is 0.609. The number of hydrogen-bond acceptors (Lipinski definition) is 2. The third-order valence-corrected chi connectivity index (χ3v) is 4.21. The highest BCUT2D eigenvalue weighted by atomic mass is 16.1. The summed E-state index contributed by atoms with van der Waals surface area (Å²) in [6.45, 7) is 0. The molecule has 1 saturated carbocycles. The lowest BCUT2D eigenvalue weighted by Gasteiger charge is -2.26. The maximum atomic E-state index is 12.2. The topological polar surface area (TPSA) is 43.1 Å². The van der Waals surface area contributed by atoms with Crippen LogP contribution < -0.4 is 5.73 Å². The van der Waals surface area contributed by atoms with E-state index in [4.69, 9.17) is 5.73 Å². The standard InChI is InChI=1S/C13H17NO/c14-8-5-6-10-9-3-1-2-4-11(9)13(15)12(10)7-8/h1,3,5-6,8-12H,2,4,7,14H2/t8?,9?,10?,11?,12-/m0/s1. The number of ketones is 1. The van der Waals surface area contributed by atoms with Crippen molar-refractivity contribution in [2.45, 2.75) is 25.3 Å². The fourth-order valence-corrected chi connectivity index (χ4v) is 3.50. The summed E-state index contributed by atoms with van der Waals surface area (Å²) >= 11 is 0.